The van der Waals surface area contributed by atoms with Crippen LogP contribution in [0, 0.1) is 11.3 Å². The van der Waals surface area contributed by atoms with Crippen molar-refractivity contribution < 1.29 is 19.1 Å². The van der Waals surface area contributed by atoms with Crippen LogP contribution in [0.15, 0.2) is 58.6 Å². The molecule has 2 aromatic carbocycles. The highest BCUT2D eigenvalue weighted by Crippen LogP contribution is 2.26. The van der Waals surface area contributed by atoms with Crippen LogP contribution in [0.2, 0.25) is 0 Å². The van der Waals surface area contributed by atoms with Crippen molar-refractivity contribution >= 4 is 39.6 Å². The van der Waals surface area contributed by atoms with E-state index in [1.54, 1.807) is 30.0 Å². The maximum absolute atomic E-state index is 13.0. The maximum Gasteiger partial charge on any atom is 0.344 e. The lowest BCUT2D eigenvalue weighted by Crippen LogP contribution is -2.49. The average Bonchev–Trinajstić information content (AvgIpc) is 2.82. The van der Waals surface area contributed by atoms with Gasteiger partial charge in [0.2, 0.25) is 0 Å². The predicted octanol–water partition coefficient (Wildman–Crippen LogP) is 3.65. The van der Waals surface area contributed by atoms with Crippen LogP contribution in [0.1, 0.15) is 12.5 Å². The Balaban J connectivity index is 1.72. The van der Waals surface area contributed by atoms with Gasteiger partial charge in [-0.15, -0.1) is 0 Å². The molecule has 0 aliphatic carbocycles. The van der Waals surface area contributed by atoms with E-state index in [1.165, 1.54) is 6.08 Å². The summed E-state index contributed by atoms with van der Waals surface area (Å²) in [5.41, 5.74) is 1.65. The molecule has 0 N–H and O–H groups in total. The first-order valence-corrected chi connectivity index (χ1v) is 11.1. The molecule has 2 aromatic rings. The Hall–Kier alpha value is -3.31. The number of carbonyl (C=O) groups is 2. The second-order valence-electron chi connectivity index (χ2n) is 7.06. The molecule has 8 heteroatoms. The van der Waals surface area contributed by atoms with Gasteiger partial charge in [0.1, 0.15) is 17.4 Å². The number of anilines is 1. The summed E-state index contributed by atoms with van der Waals surface area (Å²) >= 11 is 3.40. The Morgan fingerprint density at radius 1 is 1.12 bits per heavy atom. The summed E-state index contributed by atoms with van der Waals surface area (Å²) in [6.45, 7) is 4.16. The van der Waals surface area contributed by atoms with Gasteiger partial charge in [-0.3, -0.25) is 4.79 Å². The van der Waals surface area contributed by atoms with E-state index >= 15 is 0 Å². The third-order valence-corrected chi connectivity index (χ3v) is 5.45. The van der Waals surface area contributed by atoms with Gasteiger partial charge in [0.05, 0.1) is 6.61 Å². The number of halogens is 1. The summed E-state index contributed by atoms with van der Waals surface area (Å²) in [4.78, 5) is 28.5. The minimum absolute atomic E-state index is 0.0113. The van der Waals surface area contributed by atoms with E-state index in [-0.39, 0.29) is 24.7 Å². The Morgan fingerprint density at radius 3 is 2.50 bits per heavy atom. The summed E-state index contributed by atoms with van der Waals surface area (Å²) in [5, 5.41) is 9.66. The fraction of sp³-hybridized carbons (Fsp3) is 0.292. The van der Waals surface area contributed by atoms with Crippen LogP contribution in [0.3, 0.4) is 0 Å². The van der Waals surface area contributed by atoms with Crippen LogP contribution in [0.4, 0.5) is 5.69 Å². The van der Waals surface area contributed by atoms with Gasteiger partial charge in [-0.05, 0) is 43.3 Å². The number of carbonyl (C=O) groups excluding carboxylic acids is 2. The van der Waals surface area contributed by atoms with Crippen molar-refractivity contribution in [2.75, 3.05) is 44.3 Å². The van der Waals surface area contributed by atoms with Gasteiger partial charge in [-0.1, -0.05) is 34.1 Å². The highest BCUT2D eigenvalue weighted by Gasteiger charge is 2.24. The van der Waals surface area contributed by atoms with Gasteiger partial charge in [-0.2, -0.15) is 5.26 Å². The van der Waals surface area contributed by atoms with Crippen LogP contribution in [0.5, 0.6) is 5.75 Å². The molecule has 3 rings (SSSR count). The first kappa shape index (κ1) is 23.4. The highest BCUT2D eigenvalue weighted by atomic mass is 79.9. The summed E-state index contributed by atoms with van der Waals surface area (Å²) in [6.07, 6.45) is 1.50. The summed E-state index contributed by atoms with van der Waals surface area (Å²) in [6, 6.07) is 17.2. The summed E-state index contributed by atoms with van der Waals surface area (Å²) in [7, 11) is 0. The van der Waals surface area contributed by atoms with Crippen molar-refractivity contribution in [1.29, 1.82) is 5.26 Å². The van der Waals surface area contributed by atoms with Crippen molar-refractivity contribution in [3.8, 4) is 11.8 Å². The quantitative estimate of drug-likeness (QED) is 0.329. The molecule has 0 unspecified atom stereocenters. The SMILES string of the molecule is CCOC(=O)COc1ccc(Br)cc1/C=C(/C#N)C(=O)N1CCN(c2ccccc2)CC1. The lowest BCUT2D eigenvalue weighted by molar-refractivity contribution is -0.145. The lowest BCUT2D eigenvalue weighted by Gasteiger charge is -2.36. The largest absolute Gasteiger partial charge is 0.481 e. The number of nitriles is 1. The first-order valence-electron chi connectivity index (χ1n) is 10.3. The molecule has 166 valence electrons. The van der Waals surface area contributed by atoms with Crippen LogP contribution in [0.25, 0.3) is 6.08 Å². The fourth-order valence-corrected chi connectivity index (χ4v) is 3.76. The summed E-state index contributed by atoms with van der Waals surface area (Å²) in [5.74, 6) is -0.426. The molecule has 1 aliphatic rings. The first-order chi connectivity index (χ1) is 15.5. The van der Waals surface area contributed by atoms with Gasteiger partial charge < -0.3 is 19.3 Å². The lowest BCUT2D eigenvalue weighted by atomic mass is 10.1. The number of para-hydroxylation sites is 1. The Labute approximate surface area is 196 Å². The molecular weight excluding hydrogens is 474 g/mol. The zero-order chi connectivity index (χ0) is 22.9. The van der Waals surface area contributed by atoms with Crippen molar-refractivity contribution in [2.45, 2.75) is 6.92 Å². The van der Waals surface area contributed by atoms with Gasteiger partial charge in [0.15, 0.2) is 6.61 Å². The van der Waals surface area contributed by atoms with Crippen molar-refractivity contribution in [1.82, 2.24) is 4.90 Å². The van der Waals surface area contributed by atoms with Crippen LogP contribution >= 0.6 is 15.9 Å². The highest BCUT2D eigenvalue weighted by molar-refractivity contribution is 9.10. The van der Waals surface area contributed by atoms with E-state index in [0.29, 0.717) is 37.5 Å². The van der Waals surface area contributed by atoms with Crippen molar-refractivity contribution in [3.63, 3.8) is 0 Å². The van der Waals surface area contributed by atoms with E-state index in [9.17, 15) is 14.9 Å². The monoisotopic (exact) mass is 497 g/mol. The smallest absolute Gasteiger partial charge is 0.344 e. The van der Waals surface area contributed by atoms with Gasteiger partial charge >= 0.3 is 5.97 Å². The second-order valence-corrected chi connectivity index (χ2v) is 7.98. The number of benzene rings is 2. The number of nitrogens with zero attached hydrogens (tertiary/aromatic N) is 3. The molecule has 0 atom stereocenters. The number of hydrogen-bond donors (Lipinski definition) is 0. The van der Waals surface area contributed by atoms with Gasteiger partial charge in [-0.25, -0.2) is 4.79 Å². The van der Waals surface area contributed by atoms with E-state index in [4.69, 9.17) is 9.47 Å². The zero-order valence-electron chi connectivity index (χ0n) is 17.8. The van der Waals surface area contributed by atoms with E-state index < -0.39 is 5.97 Å². The average molecular weight is 498 g/mol. The molecule has 1 amide bonds. The van der Waals surface area contributed by atoms with Crippen molar-refractivity contribution in [2.24, 2.45) is 0 Å². The minimum Gasteiger partial charge on any atom is -0.481 e. The number of ether oxygens (including phenoxy) is 2. The summed E-state index contributed by atoms with van der Waals surface area (Å²) < 4.78 is 11.2. The maximum atomic E-state index is 13.0. The molecule has 0 spiro atoms. The molecule has 1 fully saturated rings. The number of amides is 1. The van der Waals surface area contributed by atoms with Crippen LogP contribution in [-0.2, 0) is 14.3 Å². The molecule has 1 saturated heterocycles. The minimum atomic E-state index is -0.488. The Bertz CT molecular complexity index is 1030. The molecule has 32 heavy (non-hydrogen) atoms. The standard InChI is InChI=1S/C24H24BrN3O4/c1-2-31-23(29)17-32-22-9-8-20(25)15-18(22)14-19(16-26)24(30)28-12-10-27(11-13-28)21-6-4-3-5-7-21/h3-9,14-15H,2,10-13,17H2,1H3/b19-14-. The second kappa shape index (κ2) is 11.3. The molecule has 1 heterocycles. The van der Waals surface area contributed by atoms with E-state index in [0.717, 1.165) is 10.2 Å². The third kappa shape index (κ3) is 6.11. The zero-order valence-corrected chi connectivity index (χ0v) is 19.4. The van der Waals surface area contributed by atoms with Crippen LogP contribution < -0.4 is 9.64 Å². The van der Waals surface area contributed by atoms with Gasteiger partial charge in [0, 0.05) is 41.9 Å². The predicted molar refractivity (Wildman–Crippen MR) is 125 cm³/mol. The third-order valence-electron chi connectivity index (χ3n) is 4.96. The Kier molecular flexibility index (Phi) is 8.28. The molecule has 0 bridgehead atoms. The topological polar surface area (TPSA) is 82.9 Å². The Morgan fingerprint density at radius 2 is 1.84 bits per heavy atom. The van der Waals surface area contributed by atoms with Crippen molar-refractivity contribution in [3.05, 3.63) is 64.1 Å². The molecular formula is C24H24BrN3O4. The van der Waals surface area contributed by atoms with Crippen LogP contribution in [-0.4, -0.2) is 56.2 Å². The van der Waals surface area contributed by atoms with Gasteiger partial charge in [0.25, 0.3) is 5.91 Å². The molecule has 0 radical (unpaired) electrons. The molecule has 0 aromatic heterocycles. The molecule has 1 aliphatic heterocycles. The fourth-order valence-electron chi connectivity index (χ4n) is 3.38. The van der Waals surface area contributed by atoms with E-state index in [1.807, 2.05) is 36.4 Å². The number of piperazine rings is 1. The number of rotatable bonds is 7. The molecule has 7 nitrogen and oxygen atoms in total. The normalized spacial score (nSPS) is 14.0. The number of esters is 1. The molecule has 0 saturated carbocycles. The number of hydrogen-bond acceptors (Lipinski definition) is 6. The van der Waals surface area contributed by atoms with E-state index in [2.05, 4.69) is 20.8 Å².